The molecule has 6 atom stereocenters. The van der Waals surface area contributed by atoms with Gasteiger partial charge in [-0.2, -0.15) is 0 Å². The molecule has 2 aromatic heterocycles. The first-order chi connectivity index (χ1) is 12.4. The zero-order chi connectivity index (χ0) is 18.8. The average Bonchev–Trinajstić information content (AvgIpc) is 3.16. The van der Waals surface area contributed by atoms with Crippen LogP contribution < -0.4 is 5.73 Å². The molecule has 3 rings (SSSR count). The first kappa shape index (κ1) is 19.0. The SMILES string of the molecule is C[S+](CC[C@H](N)C(=O)O)C[C@H]1O[C@@H](n2cnc3ncncc32)[C@H](O)[C@@H]1O. The molecule has 142 valence electrons. The first-order valence-electron chi connectivity index (χ1n) is 8.10. The smallest absolute Gasteiger partial charge is 0.320 e. The summed E-state index contributed by atoms with van der Waals surface area (Å²) in [5.74, 6) is 0.0937. The van der Waals surface area contributed by atoms with Crippen molar-refractivity contribution in [2.75, 3.05) is 17.8 Å². The number of nitrogens with two attached hydrogens (primary N) is 1. The topological polar surface area (TPSA) is 157 Å². The summed E-state index contributed by atoms with van der Waals surface area (Å²) in [6.07, 6.45) is 3.26. The van der Waals surface area contributed by atoms with Crippen molar-refractivity contribution < 1.29 is 24.9 Å². The number of ether oxygens (including phenoxy) is 1. The second-order valence-corrected chi connectivity index (χ2v) is 8.62. The Morgan fingerprint density at radius 1 is 1.42 bits per heavy atom. The van der Waals surface area contributed by atoms with Gasteiger partial charge in [0.15, 0.2) is 11.9 Å². The molecule has 0 spiro atoms. The van der Waals surface area contributed by atoms with Gasteiger partial charge < -0.3 is 25.8 Å². The summed E-state index contributed by atoms with van der Waals surface area (Å²) in [5, 5.41) is 29.6. The molecular formula is C15H22N5O5S+. The van der Waals surface area contributed by atoms with Crippen LogP contribution in [0.25, 0.3) is 11.2 Å². The van der Waals surface area contributed by atoms with Crippen LogP contribution in [-0.2, 0) is 20.4 Å². The Labute approximate surface area is 152 Å². The largest absolute Gasteiger partial charge is 0.480 e. The molecule has 0 saturated carbocycles. The highest BCUT2D eigenvalue weighted by Gasteiger charge is 2.46. The number of carbonyl (C=O) groups is 1. The molecule has 1 saturated heterocycles. The highest BCUT2D eigenvalue weighted by atomic mass is 32.2. The van der Waals surface area contributed by atoms with Crippen LogP contribution in [0, 0.1) is 0 Å². The molecule has 1 unspecified atom stereocenters. The lowest BCUT2D eigenvalue weighted by Crippen LogP contribution is -2.37. The number of aromatic nitrogens is 4. The number of imidazole rings is 1. The number of carboxylic acid groups (broad SMARTS) is 1. The van der Waals surface area contributed by atoms with E-state index in [9.17, 15) is 15.0 Å². The van der Waals surface area contributed by atoms with Gasteiger partial charge in [-0.3, -0.25) is 9.36 Å². The van der Waals surface area contributed by atoms with Crippen LogP contribution in [-0.4, -0.2) is 82.9 Å². The minimum Gasteiger partial charge on any atom is -0.480 e. The number of aliphatic hydroxyl groups is 2. The number of fused-ring (bicyclic) bond motifs is 1. The molecule has 0 amide bonds. The molecule has 2 aromatic rings. The van der Waals surface area contributed by atoms with Gasteiger partial charge >= 0.3 is 5.97 Å². The molecule has 26 heavy (non-hydrogen) atoms. The number of aliphatic hydroxyl groups excluding tert-OH is 2. The maximum Gasteiger partial charge on any atom is 0.320 e. The lowest BCUT2D eigenvalue weighted by Gasteiger charge is -2.16. The minimum absolute atomic E-state index is 0.210. The number of carboxylic acids is 1. The van der Waals surface area contributed by atoms with Gasteiger partial charge in [-0.1, -0.05) is 0 Å². The van der Waals surface area contributed by atoms with E-state index in [1.54, 1.807) is 10.8 Å². The van der Waals surface area contributed by atoms with Crippen molar-refractivity contribution in [3.8, 4) is 0 Å². The quantitative estimate of drug-likeness (QED) is 0.417. The lowest BCUT2D eigenvalue weighted by atomic mass is 10.1. The van der Waals surface area contributed by atoms with Crippen LogP contribution in [0.5, 0.6) is 0 Å². The van der Waals surface area contributed by atoms with Gasteiger partial charge in [0, 0.05) is 6.42 Å². The fourth-order valence-electron chi connectivity index (χ4n) is 2.89. The Balaban J connectivity index is 1.65. The number of hydrogen-bond donors (Lipinski definition) is 4. The average molecular weight is 384 g/mol. The van der Waals surface area contributed by atoms with E-state index in [1.807, 2.05) is 6.26 Å². The standard InChI is InChI=1S/C15H21N5O5S/c1-26(3-2-8(16)15(23)24)5-10-11(21)12(22)14(25-10)20-7-19-13-9(20)4-17-6-18-13/h4,6-8,10-12,14,21-22H,2-3,5,16H2,1H3/p+1/t8-,10+,11+,12+,14+,26?/m0/s1. The van der Waals surface area contributed by atoms with Crippen molar-refractivity contribution in [2.24, 2.45) is 5.73 Å². The van der Waals surface area contributed by atoms with E-state index < -0.39 is 36.6 Å². The van der Waals surface area contributed by atoms with Crippen LogP contribution in [0.3, 0.4) is 0 Å². The van der Waals surface area contributed by atoms with Gasteiger partial charge in [0.05, 0.1) is 18.8 Å². The van der Waals surface area contributed by atoms with E-state index in [-0.39, 0.29) is 10.9 Å². The summed E-state index contributed by atoms with van der Waals surface area (Å²) in [6, 6.07) is -0.893. The van der Waals surface area contributed by atoms with Gasteiger partial charge in [0.2, 0.25) is 0 Å². The Morgan fingerprint density at radius 3 is 2.92 bits per heavy atom. The van der Waals surface area contributed by atoms with Crippen LogP contribution in [0.2, 0.25) is 0 Å². The van der Waals surface area contributed by atoms with Crippen molar-refractivity contribution in [3.63, 3.8) is 0 Å². The fourth-order valence-corrected chi connectivity index (χ4v) is 4.55. The summed E-state index contributed by atoms with van der Waals surface area (Å²) in [6.45, 7) is 0. The van der Waals surface area contributed by atoms with E-state index in [1.165, 1.54) is 12.7 Å². The zero-order valence-corrected chi connectivity index (χ0v) is 15.0. The highest BCUT2D eigenvalue weighted by molar-refractivity contribution is 7.96. The second-order valence-electron chi connectivity index (χ2n) is 6.32. The summed E-state index contributed by atoms with van der Waals surface area (Å²) >= 11 is 0. The first-order valence-corrected chi connectivity index (χ1v) is 10.1. The molecule has 0 radical (unpaired) electrons. The molecule has 0 aromatic carbocycles. The van der Waals surface area contributed by atoms with E-state index in [0.29, 0.717) is 29.1 Å². The summed E-state index contributed by atoms with van der Waals surface area (Å²) in [4.78, 5) is 22.9. The second kappa shape index (κ2) is 7.84. The van der Waals surface area contributed by atoms with Gasteiger partial charge in [-0.25, -0.2) is 15.0 Å². The monoisotopic (exact) mass is 384 g/mol. The summed E-state index contributed by atoms with van der Waals surface area (Å²) in [5.41, 5.74) is 6.61. The Hall–Kier alpha value is -1.79. The summed E-state index contributed by atoms with van der Waals surface area (Å²) in [7, 11) is -0.210. The normalized spacial score (nSPS) is 28.3. The third-order valence-corrected chi connectivity index (χ3v) is 6.24. The Morgan fingerprint density at radius 2 is 2.19 bits per heavy atom. The molecule has 0 bridgehead atoms. The molecule has 3 heterocycles. The Kier molecular flexibility index (Phi) is 5.73. The van der Waals surface area contributed by atoms with Crippen LogP contribution in [0.15, 0.2) is 18.9 Å². The minimum atomic E-state index is -1.11. The molecule has 11 heteroatoms. The number of nitrogens with zero attached hydrogens (tertiary/aromatic N) is 4. The zero-order valence-electron chi connectivity index (χ0n) is 14.2. The van der Waals surface area contributed by atoms with E-state index in [4.69, 9.17) is 15.6 Å². The molecule has 1 fully saturated rings. The van der Waals surface area contributed by atoms with Crippen molar-refractivity contribution >= 4 is 28.0 Å². The summed E-state index contributed by atoms with van der Waals surface area (Å²) < 4.78 is 7.50. The Bertz CT molecular complexity index is 774. The van der Waals surface area contributed by atoms with Crippen molar-refractivity contribution in [1.82, 2.24) is 19.5 Å². The van der Waals surface area contributed by atoms with Crippen molar-refractivity contribution in [3.05, 3.63) is 18.9 Å². The van der Waals surface area contributed by atoms with Crippen molar-refractivity contribution in [2.45, 2.75) is 37.0 Å². The van der Waals surface area contributed by atoms with Crippen LogP contribution in [0.4, 0.5) is 0 Å². The molecule has 10 nitrogen and oxygen atoms in total. The molecule has 5 N–H and O–H groups in total. The fraction of sp³-hybridized carbons (Fsp3) is 0.600. The highest BCUT2D eigenvalue weighted by Crippen LogP contribution is 2.32. The third kappa shape index (κ3) is 3.81. The van der Waals surface area contributed by atoms with Gasteiger partial charge in [-0.05, 0) is 10.9 Å². The number of rotatable bonds is 7. The maximum atomic E-state index is 10.8. The number of aliphatic carboxylic acids is 1. The number of hydrogen-bond acceptors (Lipinski definition) is 8. The molecule has 0 aliphatic carbocycles. The predicted molar refractivity (Wildman–Crippen MR) is 94.5 cm³/mol. The molecule has 1 aliphatic heterocycles. The van der Waals surface area contributed by atoms with E-state index in [2.05, 4.69) is 15.0 Å². The van der Waals surface area contributed by atoms with Gasteiger partial charge in [0.25, 0.3) is 0 Å². The lowest BCUT2D eigenvalue weighted by molar-refractivity contribution is -0.138. The third-order valence-electron chi connectivity index (χ3n) is 4.41. The van der Waals surface area contributed by atoms with Crippen LogP contribution in [0.1, 0.15) is 12.6 Å². The van der Waals surface area contributed by atoms with Gasteiger partial charge in [-0.15, -0.1) is 0 Å². The molecule has 1 aliphatic rings. The van der Waals surface area contributed by atoms with E-state index in [0.717, 1.165) is 0 Å². The predicted octanol–water partition coefficient (Wildman–Crippen LogP) is -1.50. The van der Waals surface area contributed by atoms with Crippen LogP contribution >= 0.6 is 0 Å². The van der Waals surface area contributed by atoms with E-state index >= 15 is 0 Å². The maximum absolute atomic E-state index is 10.8. The van der Waals surface area contributed by atoms with Gasteiger partial charge in [0.1, 0.15) is 47.7 Å². The van der Waals surface area contributed by atoms with Crippen molar-refractivity contribution in [1.29, 1.82) is 0 Å². The molecular weight excluding hydrogens is 362 g/mol.